The van der Waals surface area contributed by atoms with Crippen LogP contribution in [0, 0.1) is 18.7 Å². The van der Waals surface area contributed by atoms with E-state index in [0.29, 0.717) is 18.4 Å². The summed E-state index contributed by atoms with van der Waals surface area (Å²) in [6.45, 7) is 9.04. The molecule has 2 aromatic heterocycles. The molecule has 3 amide bonds. The van der Waals surface area contributed by atoms with Gasteiger partial charge in [0.2, 0.25) is 0 Å². The van der Waals surface area contributed by atoms with Crippen molar-refractivity contribution in [3.05, 3.63) is 35.0 Å². The summed E-state index contributed by atoms with van der Waals surface area (Å²) < 4.78 is 37.1. The van der Waals surface area contributed by atoms with E-state index in [9.17, 15) is 18.8 Å². The number of hydrogen-bond acceptors (Lipinski definition) is 10. The number of ether oxygens (including phenoxy) is 4. The first-order chi connectivity index (χ1) is 19.8. The van der Waals surface area contributed by atoms with Crippen LogP contribution >= 0.6 is 0 Å². The molecule has 2 aliphatic heterocycles. The number of methoxy groups -OCH3 is 1. The second kappa shape index (κ2) is 11.0. The van der Waals surface area contributed by atoms with Crippen LogP contribution < -0.4 is 15.0 Å². The number of nitrogens with zero attached hydrogens (tertiary/aromatic N) is 5. The van der Waals surface area contributed by atoms with Crippen LogP contribution in [-0.4, -0.2) is 88.6 Å². The minimum absolute atomic E-state index is 0.0275. The van der Waals surface area contributed by atoms with Crippen LogP contribution in [-0.2, 0) is 31.8 Å². The average molecular weight is 587 g/mol. The van der Waals surface area contributed by atoms with Crippen molar-refractivity contribution in [3.63, 3.8) is 0 Å². The Balaban J connectivity index is 1.35. The summed E-state index contributed by atoms with van der Waals surface area (Å²) in [5.41, 5.74) is 0.310. The number of carbonyl (C=O) groups is 3. The number of amides is 3. The van der Waals surface area contributed by atoms with E-state index in [4.69, 9.17) is 18.9 Å². The number of aryl methyl sites for hydroxylation is 1. The predicted molar refractivity (Wildman–Crippen MR) is 147 cm³/mol. The number of pyridine rings is 1. The summed E-state index contributed by atoms with van der Waals surface area (Å²) in [6, 6.07) is 0. The molecule has 1 unspecified atom stereocenters. The highest BCUT2D eigenvalue weighted by Crippen LogP contribution is 2.35. The van der Waals surface area contributed by atoms with Gasteiger partial charge in [0.15, 0.2) is 23.8 Å². The third-order valence-electron chi connectivity index (χ3n) is 7.54. The molecule has 2 aromatic rings. The van der Waals surface area contributed by atoms with Crippen LogP contribution in [0.1, 0.15) is 44.5 Å². The van der Waals surface area contributed by atoms with E-state index in [1.54, 1.807) is 27.7 Å². The lowest BCUT2D eigenvalue weighted by Crippen LogP contribution is -2.53. The monoisotopic (exact) mass is 586 g/mol. The number of aromatic nitrogens is 3. The Labute approximate surface area is 242 Å². The van der Waals surface area contributed by atoms with E-state index in [2.05, 4.69) is 20.3 Å². The Hall–Kier alpha value is -4.07. The molecular formula is C28H35FN6O7. The highest BCUT2D eigenvalue weighted by atomic mass is 19.1. The molecular weight excluding hydrogens is 551 g/mol. The van der Waals surface area contributed by atoms with Crippen molar-refractivity contribution < 1.29 is 37.7 Å². The summed E-state index contributed by atoms with van der Waals surface area (Å²) in [5.74, 6) is -0.397. The largest absolute Gasteiger partial charge is 0.465 e. The van der Waals surface area contributed by atoms with Crippen LogP contribution in [0.3, 0.4) is 0 Å². The number of rotatable bonds is 7. The van der Waals surface area contributed by atoms with Crippen molar-refractivity contribution in [1.82, 2.24) is 19.9 Å². The molecule has 226 valence electrons. The van der Waals surface area contributed by atoms with Crippen molar-refractivity contribution in [3.8, 4) is 5.88 Å². The molecule has 1 N–H and O–H groups in total. The zero-order valence-electron chi connectivity index (χ0n) is 24.5. The molecule has 0 radical (unpaired) electrons. The second-order valence-electron chi connectivity index (χ2n) is 12.0. The third kappa shape index (κ3) is 5.94. The maximum atomic E-state index is 14.5. The van der Waals surface area contributed by atoms with Crippen LogP contribution in [0.2, 0.25) is 0 Å². The topological polar surface area (TPSA) is 145 Å². The fraction of sp³-hybridized carbons (Fsp3) is 0.571. The van der Waals surface area contributed by atoms with Crippen molar-refractivity contribution >= 4 is 29.7 Å². The van der Waals surface area contributed by atoms with Gasteiger partial charge in [-0.25, -0.2) is 23.9 Å². The fourth-order valence-electron chi connectivity index (χ4n) is 5.52. The highest BCUT2D eigenvalue weighted by molar-refractivity contribution is 5.94. The van der Waals surface area contributed by atoms with Crippen LogP contribution in [0.25, 0.3) is 0 Å². The second-order valence-corrected chi connectivity index (χ2v) is 12.0. The van der Waals surface area contributed by atoms with Crippen LogP contribution in [0.4, 0.5) is 25.6 Å². The Morgan fingerprint density at radius 1 is 1.26 bits per heavy atom. The minimum Gasteiger partial charge on any atom is -0.465 e. The molecule has 0 bridgehead atoms. The van der Waals surface area contributed by atoms with Gasteiger partial charge in [0.1, 0.15) is 17.5 Å². The standard InChI is InChI=1S/C28H35FN6O7/c1-15-17-7-16(8-18(17)19(29)9-30-15)11-34(25(37)41-27(2,3)4)12-20(39-6)28(5)14-35(26(38)42-28)21-10-31-24-23(32-21)33-22(36)13-40-24/h9-10,16,20H,7-8,11-14H2,1-6H3,(H,32,33,36)/t16?,20-,28-/m1/s1. The molecule has 3 atom stereocenters. The van der Waals surface area contributed by atoms with Gasteiger partial charge >= 0.3 is 12.2 Å². The molecule has 4 heterocycles. The SMILES string of the molecule is CO[C@H](CN(CC1Cc2c(F)cnc(C)c2C1)C(=O)OC(C)(C)C)[C@@]1(C)CN(c2cnc3c(n2)NC(=O)CO3)C(=O)O1. The summed E-state index contributed by atoms with van der Waals surface area (Å²) in [7, 11) is 1.47. The maximum absolute atomic E-state index is 14.5. The molecule has 3 aliphatic rings. The van der Waals surface area contributed by atoms with Gasteiger partial charge in [0, 0.05) is 19.3 Å². The number of halogens is 1. The van der Waals surface area contributed by atoms with E-state index < -0.39 is 29.5 Å². The average Bonchev–Trinajstić information content (AvgIpc) is 3.48. The van der Waals surface area contributed by atoms with Crippen molar-refractivity contribution in [2.45, 2.75) is 64.8 Å². The smallest absolute Gasteiger partial charge is 0.416 e. The van der Waals surface area contributed by atoms with Gasteiger partial charge in [-0.15, -0.1) is 0 Å². The summed E-state index contributed by atoms with van der Waals surface area (Å²) in [4.78, 5) is 53.6. The molecule has 0 aromatic carbocycles. The van der Waals surface area contributed by atoms with Crippen LogP contribution in [0.15, 0.2) is 12.4 Å². The first-order valence-corrected chi connectivity index (χ1v) is 13.7. The summed E-state index contributed by atoms with van der Waals surface area (Å²) in [6.07, 6.45) is 1.60. The van der Waals surface area contributed by atoms with E-state index in [0.717, 1.165) is 11.3 Å². The molecule has 1 saturated heterocycles. The third-order valence-corrected chi connectivity index (χ3v) is 7.54. The van der Waals surface area contributed by atoms with Gasteiger partial charge < -0.3 is 29.2 Å². The Morgan fingerprint density at radius 3 is 2.69 bits per heavy atom. The lowest BCUT2D eigenvalue weighted by atomic mass is 9.97. The summed E-state index contributed by atoms with van der Waals surface area (Å²) in [5, 5.41) is 2.57. The molecule has 1 aliphatic carbocycles. The lowest BCUT2D eigenvalue weighted by Gasteiger charge is -2.36. The van der Waals surface area contributed by atoms with Gasteiger partial charge in [-0.1, -0.05) is 0 Å². The van der Waals surface area contributed by atoms with Gasteiger partial charge in [0.05, 0.1) is 25.5 Å². The number of hydrogen-bond donors (Lipinski definition) is 1. The van der Waals surface area contributed by atoms with Crippen LogP contribution in [0.5, 0.6) is 5.88 Å². The maximum Gasteiger partial charge on any atom is 0.416 e. The lowest BCUT2D eigenvalue weighted by molar-refractivity contribution is -0.118. The molecule has 5 rings (SSSR count). The van der Waals surface area contributed by atoms with E-state index in [1.807, 2.05) is 6.92 Å². The first-order valence-electron chi connectivity index (χ1n) is 13.7. The fourth-order valence-corrected chi connectivity index (χ4v) is 5.52. The van der Waals surface area contributed by atoms with Gasteiger partial charge in [0.25, 0.3) is 11.8 Å². The van der Waals surface area contributed by atoms with Crippen molar-refractivity contribution in [2.75, 3.05) is 43.6 Å². The molecule has 0 saturated carbocycles. The predicted octanol–water partition coefficient (Wildman–Crippen LogP) is 3.03. The number of cyclic esters (lactones) is 1. The molecule has 1 fully saturated rings. The number of fused-ring (bicyclic) bond motifs is 2. The van der Waals surface area contributed by atoms with Gasteiger partial charge in [-0.3, -0.25) is 14.7 Å². The Morgan fingerprint density at radius 2 is 2.00 bits per heavy atom. The minimum atomic E-state index is -1.20. The quantitative estimate of drug-likeness (QED) is 0.514. The molecule has 13 nitrogen and oxygen atoms in total. The van der Waals surface area contributed by atoms with E-state index >= 15 is 0 Å². The van der Waals surface area contributed by atoms with E-state index in [-0.39, 0.29) is 61.4 Å². The number of nitrogens with one attached hydrogen (secondary N) is 1. The first kappa shape index (κ1) is 29.4. The Bertz CT molecular complexity index is 1380. The summed E-state index contributed by atoms with van der Waals surface area (Å²) >= 11 is 0. The zero-order valence-corrected chi connectivity index (χ0v) is 24.5. The normalized spacial score (nSPS) is 22.1. The zero-order chi connectivity index (χ0) is 30.4. The van der Waals surface area contributed by atoms with Crippen molar-refractivity contribution in [2.24, 2.45) is 5.92 Å². The van der Waals surface area contributed by atoms with Gasteiger partial charge in [-0.05, 0) is 64.5 Å². The number of carbonyl (C=O) groups excluding carboxylic acids is 3. The molecule has 42 heavy (non-hydrogen) atoms. The Kier molecular flexibility index (Phi) is 7.68. The highest BCUT2D eigenvalue weighted by Gasteiger charge is 2.50. The molecule has 14 heteroatoms. The van der Waals surface area contributed by atoms with Crippen molar-refractivity contribution in [1.29, 1.82) is 0 Å². The van der Waals surface area contributed by atoms with E-state index in [1.165, 1.54) is 29.3 Å². The molecule has 0 spiro atoms. The van der Waals surface area contributed by atoms with Gasteiger partial charge in [-0.2, -0.15) is 0 Å². The number of anilines is 2.